The summed E-state index contributed by atoms with van der Waals surface area (Å²) in [4.78, 5) is 0. The molecule has 7 aromatic carbocycles. The fraction of sp³-hybridized carbons (Fsp3) is 0.192. The molecule has 0 heterocycles. The molecule has 0 saturated heterocycles. The molecule has 0 N–H and O–H groups in total. The molecule has 258 valence electrons. The predicted octanol–water partition coefficient (Wildman–Crippen LogP) is 13.0. The van der Waals surface area contributed by atoms with Gasteiger partial charge in [-0.1, -0.05) is 198 Å². The lowest BCUT2D eigenvalue weighted by Crippen LogP contribution is -2.32. The fourth-order valence-corrected chi connectivity index (χ4v) is 8.08. The van der Waals surface area contributed by atoms with Gasteiger partial charge in [0.1, 0.15) is 0 Å². The van der Waals surface area contributed by atoms with E-state index in [1.165, 1.54) is 72.3 Å². The van der Waals surface area contributed by atoms with Crippen molar-refractivity contribution in [2.75, 3.05) is 0 Å². The molecule has 2 atom stereocenters. The van der Waals surface area contributed by atoms with Crippen LogP contribution in [-0.2, 0) is 16.2 Å². The van der Waals surface area contributed by atoms with Crippen LogP contribution in [0.2, 0.25) is 0 Å². The molecule has 0 amide bonds. The molecule has 0 aliphatic heterocycles. The third-order valence-corrected chi connectivity index (χ3v) is 11.9. The number of benzene rings is 7. The Balaban J connectivity index is 1.63. The van der Waals surface area contributed by atoms with Gasteiger partial charge in [-0.05, 0) is 98.5 Å². The van der Waals surface area contributed by atoms with Crippen LogP contribution in [0.25, 0.3) is 0 Å². The molecule has 0 spiro atoms. The third-order valence-electron chi connectivity index (χ3n) is 11.9. The van der Waals surface area contributed by atoms with Gasteiger partial charge in [-0.15, -0.1) is 0 Å². The first-order chi connectivity index (χ1) is 25.0. The van der Waals surface area contributed by atoms with Crippen LogP contribution in [0, 0.1) is 27.7 Å². The summed E-state index contributed by atoms with van der Waals surface area (Å²) in [6, 6.07) is 66.3. The van der Waals surface area contributed by atoms with Crippen LogP contribution in [0.4, 0.5) is 0 Å². The van der Waals surface area contributed by atoms with Crippen LogP contribution >= 0.6 is 0 Å². The van der Waals surface area contributed by atoms with E-state index in [1.807, 2.05) is 0 Å². The maximum Gasteiger partial charge on any atom is 0.0423 e. The van der Waals surface area contributed by atoms with Gasteiger partial charge in [0.05, 0.1) is 0 Å². The first kappa shape index (κ1) is 35.0. The number of hydrogen-bond donors (Lipinski definition) is 0. The maximum atomic E-state index is 2.51. The lowest BCUT2D eigenvalue weighted by atomic mass is 9.63. The summed E-state index contributed by atoms with van der Waals surface area (Å²) in [6.07, 6.45) is 0. The van der Waals surface area contributed by atoms with Crippen molar-refractivity contribution in [2.45, 2.75) is 64.7 Å². The zero-order valence-electron chi connectivity index (χ0n) is 31.7. The van der Waals surface area contributed by atoms with Crippen LogP contribution < -0.4 is 0 Å². The largest absolute Gasteiger partial charge is 0.0622 e. The van der Waals surface area contributed by atoms with Crippen molar-refractivity contribution in [3.63, 3.8) is 0 Å². The van der Waals surface area contributed by atoms with Crippen LogP contribution in [0.5, 0.6) is 0 Å². The van der Waals surface area contributed by atoms with Gasteiger partial charge in [0.25, 0.3) is 0 Å². The zero-order chi connectivity index (χ0) is 36.5. The minimum absolute atomic E-state index is 0.438. The standard InChI is InChI=1S/C52H50/c1-37-18-26-43(27-19-37)50(5,41-14-10-8-11-15-41)47-34-48(51(6,42-16-12-9-13-17-42)44-28-20-38(2)21-29-44)36-49(35-47)52(7,45-30-22-39(3)23-31-45)46-32-24-40(4)25-33-46/h8-36H,1-7H3. The monoisotopic (exact) mass is 674 g/mol. The van der Waals surface area contributed by atoms with Gasteiger partial charge in [0, 0.05) is 16.2 Å². The molecule has 0 aromatic heterocycles. The highest BCUT2D eigenvalue weighted by Crippen LogP contribution is 2.48. The highest BCUT2D eigenvalue weighted by molar-refractivity contribution is 5.60. The third kappa shape index (κ3) is 6.22. The van der Waals surface area contributed by atoms with Gasteiger partial charge in [0.15, 0.2) is 0 Å². The molecule has 0 saturated carbocycles. The zero-order valence-corrected chi connectivity index (χ0v) is 31.7. The molecular formula is C52H50. The molecule has 2 unspecified atom stereocenters. The van der Waals surface area contributed by atoms with Gasteiger partial charge < -0.3 is 0 Å². The van der Waals surface area contributed by atoms with E-state index in [2.05, 4.69) is 224 Å². The van der Waals surface area contributed by atoms with Crippen molar-refractivity contribution < 1.29 is 0 Å². The Morgan fingerprint density at radius 1 is 0.231 bits per heavy atom. The maximum absolute atomic E-state index is 2.51. The van der Waals surface area contributed by atoms with Gasteiger partial charge in [-0.25, -0.2) is 0 Å². The Hall–Kier alpha value is -5.46. The summed E-state index contributed by atoms with van der Waals surface area (Å²) in [7, 11) is 0. The smallest absolute Gasteiger partial charge is 0.0423 e. The second-order valence-electron chi connectivity index (χ2n) is 15.4. The van der Waals surface area contributed by atoms with Gasteiger partial charge in [-0.3, -0.25) is 0 Å². The Morgan fingerprint density at radius 2 is 0.423 bits per heavy atom. The molecule has 0 bridgehead atoms. The predicted molar refractivity (Wildman–Crippen MR) is 221 cm³/mol. The number of rotatable bonds is 9. The summed E-state index contributed by atoms with van der Waals surface area (Å²) in [6.45, 7) is 15.9. The summed E-state index contributed by atoms with van der Waals surface area (Å²) in [5.74, 6) is 0. The van der Waals surface area contributed by atoms with Crippen LogP contribution in [-0.4, -0.2) is 0 Å². The first-order valence-electron chi connectivity index (χ1n) is 18.6. The summed E-state index contributed by atoms with van der Waals surface area (Å²) < 4.78 is 0. The van der Waals surface area contributed by atoms with Crippen LogP contribution in [0.1, 0.15) is 93.1 Å². The van der Waals surface area contributed by atoms with E-state index >= 15 is 0 Å². The molecular weight excluding hydrogens is 625 g/mol. The van der Waals surface area contributed by atoms with E-state index in [4.69, 9.17) is 0 Å². The number of hydrogen-bond acceptors (Lipinski definition) is 0. The highest BCUT2D eigenvalue weighted by Gasteiger charge is 2.39. The van der Waals surface area contributed by atoms with Gasteiger partial charge in [0.2, 0.25) is 0 Å². The normalized spacial score (nSPS) is 14.0. The van der Waals surface area contributed by atoms with E-state index in [-0.39, 0.29) is 0 Å². The molecule has 7 rings (SSSR count). The molecule has 0 nitrogen and oxygen atoms in total. The quantitative estimate of drug-likeness (QED) is 0.134. The van der Waals surface area contributed by atoms with Crippen molar-refractivity contribution in [3.8, 4) is 0 Å². The number of aryl methyl sites for hydroxylation is 4. The summed E-state index contributed by atoms with van der Waals surface area (Å²) >= 11 is 0. The van der Waals surface area contributed by atoms with Gasteiger partial charge >= 0.3 is 0 Å². The Morgan fingerprint density at radius 3 is 0.635 bits per heavy atom. The van der Waals surface area contributed by atoms with E-state index in [0.29, 0.717) is 0 Å². The summed E-state index contributed by atoms with van der Waals surface area (Å²) in [5, 5.41) is 0. The molecule has 7 aromatic rings. The molecule has 52 heavy (non-hydrogen) atoms. The minimum Gasteiger partial charge on any atom is -0.0622 e. The van der Waals surface area contributed by atoms with Crippen molar-refractivity contribution >= 4 is 0 Å². The second kappa shape index (κ2) is 13.9. The lowest BCUT2D eigenvalue weighted by molar-refractivity contribution is 0.643. The van der Waals surface area contributed by atoms with Crippen LogP contribution in [0.3, 0.4) is 0 Å². The fourth-order valence-electron chi connectivity index (χ4n) is 8.08. The van der Waals surface area contributed by atoms with E-state index < -0.39 is 16.2 Å². The van der Waals surface area contributed by atoms with Crippen molar-refractivity contribution in [1.29, 1.82) is 0 Å². The SMILES string of the molecule is Cc1ccc(C(C)(c2ccccc2)c2cc(C(C)(c3ccccc3)c3ccc(C)cc3)cc(C(C)(c3ccc(C)cc3)c3ccc(C)cc3)c2)cc1. The van der Waals surface area contributed by atoms with Crippen molar-refractivity contribution in [3.05, 3.63) is 248 Å². The molecule has 0 heteroatoms. The molecule has 0 fully saturated rings. The van der Waals surface area contributed by atoms with E-state index in [0.717, 1.165) is 0 Å². The van der Waals surface area contributed by atoms with Crippen LogP contribution in [0.15, 0.2) is 176 Å². The average molecular weight is 675 g/mol. The average Bonchev–Trinajstić information content (AvgIpc) is 3.18. The molecule has 0 aliphatic carbocycles. The van der Waals surface area contributed by atoms with Crippen molar-refractivity contribution in [1.82, 2.24) is 0 Å². The topological polar surface area (TPSA) is 0 Å². The van der Waals surface area contributed by atoms with Gasteiger partial charge in [-0.2, -0.15) is 0 Å². The Labute approximate surface area is 311 Å². The Bertz CT molecular complexity index is 2100. The first-order valence-corrected chi connectivity index (χ1v) is 18.6. The summed E-state index contributed by atoms with van der Waals surface area (Å²) in [5.41, 5.74) is 15.2. The highest BCUT2D eigenvalue weighted by atomic mass is 14.4. The second-order valence-corrected chi connectivity index (χ2v) is 15.4. The van der Waals surface area contributed by atoms with E-state index in [9.17, 15) is 0 Å². The lowest BCUT2D eigenvalue weighted by Gasteiger charge is -2.39. The molecule has 0 aliphatic rings. The Kier molecular flexibility index (Phi) is 9.36. The molecule has 0 radical (unpaired) electrons. The van der Waals surface area contributed by atoms with E-state index in [1.54, 1.807) is 0 Å². The van der Waals surface area contributed by atoms with Crippen molar-refractivity contribution in [2.24, 2.45) is 0 Å². The minimum atomic E-state index is -0.443.